The molecular weight excluding hydrogens is 196 g/mol. The predicted octanol–water partition coefficient (Wildman–Crippen LogP) is 1.46. The third-order valence-electron chi connectivity index (χ3n) is 2.50. The summed E-state index contributed by atoms with van der Waals surface area (Å²) < 4.78 is 5.05. The molecule has 0 saturated heterocycles. The number of aliphatic carboxylic acids is 1. The molecule has 1 heterocycles. The molecular formula is C10H14N2O3. The van der Waals surface area contributed by atoms with Gasteiger partial charge in [0.1, 0.15) is 0 Å². The molecule has 0 amide bonds. The molecule has 5 heteroatoms. The van der Waals surface area contributed by atoms with Crippen molar-refractivity contribution in [1.82, 2.24) is 10.1 Å². The number of aromatic nitrogens is 2. The fourth-order valence-electron chi connectivity index (χ4n) is 1.61. The third-order valence-corrected chi connectivity index (χ3v) is 2.50. The van der Waals surface area contributed by atoms with Gasteiger partial charge in [-0.05, 0) is 12.3 Å². The summed E-state index contributed by atoms with van der Waals surface area (Å²) >= 11 is 0. The Kier molecular flexibility index (Phi) is 2.46. The van der Waals surface area contributed by atoms with E-state index in [1.807, 2.05) is 0 Å². The van der Waals surface area contributed by atoms with Crippen molar-refractivity contribution in [1.29, 1.82) is 0 Å². The second-order valence-corrected chi connectivity index (χ2v) is 4.43. The van der Waals surface area contributed by atoms with Gasteiger partial charge in [0.05, 0.1) is 11.8 Å². The number of carboxylic acid groups (broad SMARTS) is 1. The standard InChI is InChI=1S/C10H14N2O3/c1-5(2)3-8-11-9(15-12-8)6-4-7(6)10(13)14/h5-7H,3-4H2,1-2H3,(H,13,14). The van der Waals surface area contributed by atoms with Crippen LogP contribution in [0.3, 0.4) is 0 Å². The van der Waals surface area contributed by atoms with Crippen molar-refractivity contribution in [3.8, 4) is 0 Å². The summed E-state index contributed by atoms with van der Waals surface area (Å²) in [5.74, 6) is 0.482. The molecule has 0 radical (unpaired) electrons. The normalized spacial score (nSPS) is 24.5. The zero-order valence-corrected chi connectivity index (χ0v) is 8.80. The first kappa shape index (κ1) is 10.1. The molecule has 1 aromatic rings. The van der Waals surface area contributed by atoms with Crippen molar-refractivity contribution in [2.24, 2.45) is 11.8 Å². The summed E-state index contributed by atoms with van der Waals surface area (Å²) in [4.78, 5) is 14.8. The minimum Gasteiger partial charge on any atom is -0.481 e. The van der Waals surface area contributed by atoms with Gasteiger partial charge in [0.2, 0.25) is 5.89 Å². The Hall–Kier alpha value is -1.39. The first-order valence-electron chi connectivity index (χ1n) is 5.13. The van der Waals surface area contributed by atoms with Gasteiger partial charge in [-0.1, -0.05) is 19.0 Å². The van der Waals surface area contributed by atoms with Crippen molar-refractivity contribution in [2.75, 3.05) is 0 Å². The van der Waals surface area contributed by atoms with E-state index in [-0.39, 0.29) is 11.8 Å². The third kappa shape index (κ3) is 2.16. The molecule has 0 spiro atoms. The SMILES string of the molecule is CC(C)Cc1noc(C2CC2C(=O)O)n1. The molecule has 1 fully saturated rings. The summed E-state index contributed by atoms with van der Waals surface area (Å²) in [5, 5.41) is 12.6. The van der Waals surface area contributed by atoms with E-state index in [2.05, 4.69) is 24.0 Å². The average Bonchev–Trinajstić information content (AvgIpc) is 2.81. The largest absolute Gasteiger partial charge is 0.481 e. The van der Waals surface area contributed by atoms with E-state index in [4.69, 9.17) is 9.63 Å². The smallest absolute Gasteiger partial charge is 0.307 e. The van der Waals surface area contributed by atoms with Crippen LogP contribution in [-0.4, -0.2) is 21.2 Å². The Balaban J connectivity index is 2.00. The fourth-order valence-corrected chi connectivity index (χ4v) is 1.61. The highest BCUT2D eigenvalue weighted by atomic mass is 16.5. The van der Waals surface area contributed by atoms with Gasteiger partial charge in [-0.25, -0.2) is 0 Å². The van der Waals surface area contributed by atoms with E-state index in [9.17, 15) is 4.79 Å². The van der Waals surface area contributed by atoms with Crippen LogP contribution in [0.4, 0.5) is 0 Å². The topological polar surface area (TPSA) is 76.2 Å². The maximum atomic E-state index is 10.6. The molecule has 2 atom stereocenters. The number of hydrogen-bond donors (Lipinski definition) is 1. The molecule has 2 unspecified atom stereocenters. The molecule has 0 aliphatic heterocycles. The number of rotatable bonds is 4. The van der Waals surface area contributed by atoms with E-state index in [0.29, 0.717) is 24.1 Å². The maximum absolute atomic E-state index is 10.6. The van der Waals surface area contributed by atoms with Gasteiger partial charge in [-0.2, -0.15) is 4.98 Å². The Morgan fingerprint density at radius 3 is 2.93 bits per heavy atom. The summed E-state index contributed by atoms with van der Waals surface area (Å²) in [6, 6.07) is 0. The molecule has 1 aromatic heterocycles. The van der Waals surface area contributed by atoms with Crippen molar-refractivity contribution in [3.63, 3.8) is 0 Å². The molecule has 1 aliphatic rings. The van der Waals surface area contributed by atoms with Gasteiger partial charge >= 0.3 is 5.97 Å². The second-order valence-electron chi connectivity index (χ2n) is 4.43. The van der Waals surface area contributed by atoms with E-state index in [0.717, 1.165) is 6.42 Å². The maximum Gasteiger partial charge on any atom is 0.307 e. The van der Waals surface area contributed by atoms with Crippen LogP contribution in [0.2, 0.25) is 0 Å². The van der Waals surface area contributed by atoms with Crippen LogP contribution in [-0.2, 0) is 11.2 Å². The van der Waals surface area contributed by atoms with E-state index >= 15 is 0 Å². The zero-order chi connectivity index (χ0) is 11.0. The van der Waals surface area contributed by atoms with Gasteiger partial charge < -0.3 is 9.63 Å². The highest BCUT2D eigenvalue weighted by Gasteiger charge is 2.48. The first-order chi connectivity index (χ1) is 7.08. The lowest BCUT2D eigenvalue weighted by Crippen LogP contribution is -1.99. The number of nitrogens with zero attached hydrogens (tertiary/aromatic N) is 2. The van der Waals surface area contributed by atoms with Crippen LogP contribution in [0.25, 0.3) is 0 Å². The molecule has 0 aromatic carbocycles. The Labute approximate surface area is 87.5 Å². The average molecular weight is 210 g/mol. The molecule has 5 nitrogen and oxygen atoms in total. The number of hydrogen-bond acceptors (Lipinski definition) is 4. The molecule has 82 valence electrons. The second kappa shape index (κ2) is 3.64. The fraction of sp³-hybridized carbons (Fsp3) is 0.700. The Morgan fingerprint density at radius 1 is 1.67 bits per heavy atom. The molecule has 1 saturated carbocycles. The monoisotopic (exact) mass is 210 g/mol. The lowest BCUT2D eigenvalue weighted by Gasteiger charge is -1.95. The van der Waals surface area contributed by atoms with Gasteiger partial charge in [0.15, 0.2) is 5.82 Å². The summed E-state index contributed by atoms with van der Waals surface area (Å²) in [5.41, 5.74) is 0. The summed E-state index contributed by atoms with van der Waals surface area (Å²) in [6.45, 7) is 4.15. The van der Waals surface area contributed by atoms with Crippen molar-refractivity contribution >= 4 is 5.97 Å². The van der Waals surface area contributed by atoms with Crippen molar-refractivity contribution < 1.29 is 14.4 Å². The molecule has 2 rings (SSSR count). The summed E-state index contributed by atoms with van der Waals surface area (Å²) in [7, 11) is 0. The van der Waals surface area contributed by atoms with Crippen LogP contribution in [0.15, 0.2) is 4.52 Å². The summed E-state index contributed by atoms with van der Waals surface area (Å²) in [6.07, 6.45) is 1.40. The van der Waals surface area contributed by atoms with Crippen LogP contribution in [0, 0.1) is 11.8 Å². The Bertz CT molecular complexity index is 372. The van der Waals surface area contributed by atoms with Gasteiger partial charge in [-0.15, -0.1) is 0 Å². The molecule has 15 heavy (non-hydrogen) atoms. The van der Waals surface area contributed by atoms with E-state index in [1.54, 1.807) is 0 Å². The quantitative estimate of drug-likeness (QED) is 0.814. The predicted molar refractivity (Wildman–Crippen MR) is 51.3 cm³/mol. The van der Waals surface area contributed by atoms with Gasteiger partial charge in [0.25, 0.3) is 0 Å². The van der Waals surface area contributed by atoms with Crippen LogP contribution < -0.4 is 0 Å². The van der Waals surface area contributed by atoms with Crippen LogP contribution in [0.1, 0.15) is 37.9 Å². The lowest BCUT2D eigenvalue weighted by molar-refractivity contribution is -0.138. The number of carboxylic acids is 1. The highest BCUT2D eigenvalue weighted by Crippen LogP contribution is 2.46. The minimum absolute atomic E-state index is 0.0593. The van der Waals surface area contributed by atoms with E-state index in [1.165, 1.54) is 0 Å². The first-order valence-corrected chi connectivity index (χ1v) is 5.13. The highest BCUT2D eigenvalue weighted by molar-refractivity contribution is 5.74. The van der Waals surface area contributed by atoms with Crippen molar-refractivity contribution in [3.05, 3.63) is 11.7 Å². The van der Waals surface area contributed by atoms with E-state index < -0.39 is 5.97 Å². The minimum atomic E-state index is -0.774. The van der Waals surface area contributed by atoms with Crippen LogP contribution in [0.5, 0.6) is 0 Å². The molecule has 1 aliphatic carbocycles. The molecule has 1 N–H and O–H groups in total. The molecule has 0 bridgehead atoms. The number of carbonyl (C=O) groups is 1. The van der Waals surface area contributed by atoms with Crippen LogP contribution >= 0.6 is 0 Å². The van der Waals surface area contributed by atoms with Gasteiger partial charge in [0, 0.05) is 6.42 Å². The Morgan fingerprint density at radius 2 is 2.40 bits per heavy atom. The lowest BCUT2D eigenvalue weighted by atomic mass is 10.1. The van der Waals surface area contributed by atoms with Gasteiger partial charge in [-0.3, -0.25) is 4.79 Å². The van der Waals surface area contributed by atoms with Crippen molar-refractivity contribution in [2.45, 2.75) is 32.6 Å². The zero-order valence-electron chi connectivity index (χ0n) is 8.80.